The zero-order valence-electron chi connectivity index (χ0n) is 11.4. The number of nitrogens with zero attached hydrogens (tertiary/aromatic N) is 1. The quantitative estimate of drug-likeness (QED) is 0.805. The Labute approximate surface area is 131 Å². The molecule has 1 aromatic carbocycles. The van der Waals surface area contributed by atoms with Gasteiger partial charge in [0.15, 0.2) is 0 Å². The molecular weight excluding hydrogens is 358 g/mol. The number of sulfonamides is 1. The van der Waals surface area contributed by atoms with Gasteiger partial charge in [0.1, 0.15) is 10.6 Å². The zero-order chi connectivity index (χ0) is 15.6. The number of anilines is 2. The number of nitrogens with two attached hydrogens (primary N) is 1. The molecule has 0 atom stereocenters. The van der Waals surface area contributed by atoms with Crippen molar-refractivity contribution in [1.82, 2.24) is 4.98 Å². The van der Waals surface area contributed by atoms with Crippen LogP contribution in [0, 0.1) is 6.92 Å². The van der Waals surface area contributed by atoms with Crippen LogP contribution in [0.5, 0.6) is 5.75 Å². The fourth-order valence-corrected chi connectivity index (χ4v) is 3.32. The predicted molar refractivity (Wildman–Crippen MR) is 84.9 cm³/mol. The van der Waals surface area contributed by atoms with Gasteiger partial charge in [0.25, 0.3) is 10.0 Å². The van der Waals surface area contributed by atoms with Crippen LogP contribution < -0.4 is 15.2 Å². The molecule has 0 aliphatic heterocycles. The van der Waals surface area contributed by atoms with Crippen molar-refractivity contribution in [3.8, 4) is 5.75 Å². The van der Waals surface area contributed by atoms with E-state index in [1.54, 1.807) is 19.2 Å². The van der Waals surface area contributed by atoms with Gasteiger partial charge in [-0.3, -0.25) is 9.71 Å². The molecule has 0 amide bonds. The Kier molecular flexibility index (Phi) is 4.38. The normalized spacial score (nSPS) is 11.2. The Morgan fingerprint density at radius 3 is 2.71 bits per heavy atom. The molecule has 21 heavy (non-hydrogen) atoms. The largest absolute Gasteiger partial charge is 0.495 e. The third kappa shape index (κ3) is 3.27. The summed E-state index contributed by atoms with van der Waals surface area (Å²) in [5, 5.41) is 0. The van der Waals surface area contributed by atoms with Crippen molar-refractivity contribution in [2.45, 2.75) is 11.8 Å². The first-order valence-corrected chi connectivity index (χ1v) is 8.19. The van der Waals surface area contributed by atoms with Gasteiger partial charge < -0.3 is 10.5 Å². The van der Waals surface area contributed by atoms with Crippen LogP contribution >= 0.6 is 15.9 Å². The molecule has 1 heterocycles. The molecule has 0 radical (unpaired) electrons. The van der Waals surface area contributed by atoms with Crippen molar-refractivity contribution in [2.24, 2.45) is 0 Å². The van der Waals surface area contributed by atoms with E-state index in [0.717, 1.165) is 5.56 Å². The van der Waals surface area contributed by atoms with E-state index >= 15 is 0 Å². The summed E-state index contributed by atoms with van der Waals surface area (Å²) in [5.41, 5.74) is 7.23. The van der Waals surface area contributed by atoms with Gasteiger partial charge in [0.2, 0.25) is 0 Å². The topological polar surface area (TPSA) is 94.3 Å². The number of methoxy groups -OCH3 is 1. The highest BCUT2D eigenvalue weighted by atomic mass is 79.9. The molecule has 0 aliphatic rings. The summed E-state index contributed by atoms with van der Waals surface area (Å²) in [6.07, 6.45) is 3.03. The average molecular weight is 372 g/mol. The van der Waals surface area contributed by atoms with E-state index in [0.29, 0.717) is 15.8 Å². The standard InChI is InChI=1S/C13H14BrN3O3S/c1-8-3-4-16-7-11(8)17-21(18,19)13-6-10(15)9(14)5-12(13)20-2/h3-7,17H,15H2,1-2H3. The summed E-state index contributed by atoms with van der Waals surface area (Å²) in [6.45, 7) is 1.78. The van der Waals surface area contributed by atoms with E-state index in [2.05, 4.69) is 25.6 Å². The Hall–Kier alpha value is -1.80. The van der Waals surface area contributed by atoms with Crippen LogP contribution in [0.1, 0.15) is 5.56 Å². The Morgan fingerprint density at radius 1 is 1.38 bits per heavy atom. The Morgan fingerprint density at radius 2 is 2.10 bits per heavy atom. The maximum absolute atomic E-state index is 12.5. The third-order valence-electron chi connectivity index (χ3n) is 2.86. The zero-order valence-corrected chi connectivity index (χ0v) is 13.8. The molecule has 112 valence electrons. The van der Waals surface area contributed by atoms with Crippen LogP contribution in [-0.2, 0) is 10.0 Å². The highest BCUT2D eigenvalue weighted by Crippen LogP contribution is 2.33. The molecule has 2 aromatic rings. The van der Waals surface area contributed by atoms with E-state index < -0.39 is 10.0 Å². The van der Waals surface area contributed by atoms with Crippen LogP contribution in [0.4, 0.5) is 11.4 Å². The first-order chi connectivity index (χ1) is 9.85. The summed E-state index contributed by atoms with van der Waals surface area (Å²) >= 11 is 3.24. The van der Waals surface area contributed by atoms with Gasteiger partial charge in [0, 0.05) is 16.4 Å². The van der Waals surface area contributed by atoms with Crippen molar-refractivity contribution in [1.29, 1.82) is 0 Å². The van der Waals surface area contributed by atoms with Gasteiger partial charge in [-0.1, -0.05) is 0 Å². The number of hydrogen-bond acceptors (Lipinski definition) is 5. The second-order valence-electron chi connectivity index (χ2n) is 4.32. The molecule has 2 rings (SSSR count). The summed E-state index contributed by atoms with van der Waals surface area (Å²) < 4.78 is 33.2. The minimum Gasteiger partial charge on any atom is -0.495 e. The minimum atomic E-state index is -3.83. The summed E-state index contributed by atoms with van der Waals surface area (Å²) in [5.74, 6) is 0.199. The fraction of sp³-hybridized carbons (Fsp3) is 0.154. The highest BCUT2D eigenvalue weighted by molar-refractivity contribution is 9.10. The number of rotatable bonds is 4. The van der Waals surface area contributed by atoms with Gasteiger partial charge in [0.05, 0.1) is 19.0 Å². The highest BCUT2D eigenvalue weighted by Gasteiger charge is 2.22. The number of benzene rings is 1. The first kappa shape index (κ1) is 15.6. The van der Waals surface area contributed by atoms with Gasteiger partial charge in [-0.2, -0.15) is 0 Å². The van der Waals surface area contributed by atoms with Crippen LogP contribution in [0.2, 0.25) is 0 Å². The van der Waals surface area contributed by atoms with E-state index in [9.17, 15) is 8.42 Å². The van der Waals surface area contributed by atoms with Gasteiger partial charge >= 0.3 is 0 Å². The van der Waals surface area contributed by atoms with Crippen LogP contribution in [0.25, 0.3) is 0 Å². The molecular formula is C13H14BrN3O3S. The van der Waals surface area contributed by atoms with E-state index in [1.165, 1.54) is 25.4 Å². The van der Waals surface area contributed by atoms with E-state index in [4.69, 9.17) is 10.5 Å². The number of hydrogen-bond donors (Lipinski definition) is 2. The first-order valence-electron chi connectivity index (χ1n) is 5.91. The average Bonchev–Trinajstić information content (AvgIpc) is 2.43. The van der Waals surface area contributed by atoms with Gasteiger partial charge in [-0.05, 0) is 46.6 Å². The monoisotopic (exact) mass is 371 g/mol. The molecule has 0 unspecified atom stereocenters. The second-order valence-corrected chi connectivity index (χ2v) is 6.83. The molecule has 1 aromatic heterocycles. The summed E-state index contributed by atoms with van der Waals surface area (Å²) in [6, 6.07) is 4.57. The summed E-state index contributed by atoms with van der Waals surface area (Å²) in [4.78, 5) is 3.87. The lowest BCUT2D eigenvalue weighted by Crippen LogP contribution is -2.15. The smallest absolute Gasteiger partial charge is 0.265 e. The lowest BCUT2D eigenvalue weighted by Gasteiger charge is -2.14. The number of aromatic nitrogens is 1. The minimum absolute atomic E-state index is 0.0334. The Bertz CT molecular complexity index is 778. The second kappa shape index (κ2) is 5.90. The maximum Gasteiger partial charge on any atom is 0.265 e. The van der Waals surface area contributed by atoms with Crippen molar-refractivity contribution in [2.75, 3.05) is 17.6 Å². The third-order valence-corrected chi connectivity index (χ3v) is 4.93. The van der Waals surface area contributed by atoms with Gasteiger partial charge in [-0.15, -0.1) is 0 Å². The molecule has 0 saturated heterocycles. The van der Waals surface area contributed by atoms with Crippen LogP contribution in [-0.4, -0.2) is 20.5 Å². The number of pyridine rings is 1. The SMILES string of the molecule is COc1cc(Br)c(N)cc1S(=O)(=O)Nc1cnccc1C. The number of halogens is 1. The van der Waals surface area contributed by atoms with Crippen molar-refractivity contribution < 1.29 is 13.2 Å². The summed E-state index contributed by atoms with van der Waals surface area (Å²) in [7, 11) is -2.44. The molecule has 3 N–H and O–H groups in total. The van der Waals surface area contributed by atoms with Crippen LogP contribution in [0.3, 0.4) is 0 Å². The van der Waals surface area contributed by atoms with E-state index in [1.807, 2.05) is 0 Å². The van der Waals surface area contributed by atoms with E-state index in [-0.39, 0.29) is 10.6 Å². The van der Waals surface area contributed by atoms with Crippen molar-refractivity contribution in [3.63, 3.8) is 0 Å². The van der Waals surface area contributed by atoms with Gasteiger partial charge in [-0.25, -0.2) is 8.42 Å². The molecule has 0 fully saturated rings. The lowest BCUT2D eigenvalue weighted by molar-refractivity contribution is 0.402. The van der Waals surface area contributed by atoms with Crippen molar-refractivity contribution >= 4 is 37.3 Å². The molecule has 6 nitrogen and oxygen atoms in total. The molecule has 0 bridgehead atoms. The predicted octanol–water partition coefficient (Wildman–Crippen LogP) is 2.54. The maximum atomic E-state index is 12.5. The fourth-order valence-electron chi connectivity index (χ4n) is 1.69. The molecule has 0 aliphatic carbocycles. The number of ether oxygens (including phenoxy) is 1. The Balaban J connectivity index is 2.50. The lowest BCUT2D eigenvalue weighted by atomic mass is 10.3. The molecule has 0 spiro atoms. The van der Waals surface area contributed by atoms with Crippen LogP contribution in [0.15, 0.2) is 40.0 Å². The number of aryl methyl sites for hydroxylation is 1. The number of nitrogen functional groups attached to an aromatic ring is 1. The molecule has 0 saturated carbocycles. The van der Waals surface area contributed by atoms with Crippen molar-refractivity contribution in [3.05, 3.63) is 40.6 Å². The molecule has 8 heteroatoms. The number of nitrogens with one attached hydrogen (secondary N) is 1.